The van der Waals surface area contributed by atoms with E-state index < -0.39 is 0 Å². The van der Waals surface area contributed by atoms with Gasteiger partial charge in [0.15, 0.2) is 23.9 Å². The van der Waals surface area contributed by atoms with E-state index in [0.717, 1.165) is 23.4 Å². The second-order valence-corrected chi connectivity index (χ2v) is 7.61. The molecule has 0 bridgehead atoms. The summed E-state index contributed by atoms with van der Waals surface area (Å²) in [5.41, 5.74) is 4.72. The third kappa shape index (κ3) is 5.51. The van der Waals surface area contributed by atoms with Crippen LogP contribution in [-0.2, 0) is 17.8 Å². The van der Waals surface area contributed by atoms with Crippen molar-refractivity contribution in [2.75, 3.05) is 18.5 Å². The van der Waals surface area contributed by atoms with Crippen molar-refractivity contribution in [1.82, 2.24) is 10.2 Å². The molecule has 8 heteroatoms. The van der Waals surface area contributed by atoms with Gasteiger partial charge in [-0.05, 0) is 29.8 Å². The van der Waals surface area contributed by atoms with E-state index in [2.05, 4.69) is 27.6 Å². The fourth-order valence-electron chi connectivity index (χ4n) is 3.68. The van der Waals surface area contributed by atoms with Crippen LogP contribution in [0.3, 0.4) is 0 Å². The summed E-state index contributed by atoms with van der Waals surface area (Å²) in [6.45, 7) is 1.23. The van der Waals surface area contributed by atoms with Gasteiger partial charge in [0.25, 0.3) is 5.91 Å². The van der Waals surface area contributed by atoms with E-state index in [0.29, 0.717) is 30.4 Å². The maximum absolute atomic E-state index is 12.6. The molecule has 5 rings (SSSR count). The zero-order valence-corrected chi connectivity index (χ0v) is 18.6. The number of nitrogens with one attached hydrogen (secondary N) is 2. The van der Waals surface area contributed by atoms with Crippen molar-refractivity contribution < 1.29 is 31.2 Å². The van der Waals surface area contributed by atoms with Crippen LogP contribution in [0.5, 0.6) is 11.5 Å². The molecule has 1 amide bonds. The summed E-state index contributed by atoms with van der Waals surface area (Å²) in [6.07, 6.45) is 4.58. The molecule has 2 aromatic heterocycles. The van der Waals surface area contributed by atoms with E-state index in [9.17, 15) is 4.79 Å². The highest BCUT2D eigenvalue weighted by Gasteiger charge is 2.16. The standard InChI is InChI=1S/C25H22N4O3.ClH/c30-25(26-20-8-9-23-24(15-20)32-12-11-31-23)17-29-10-4-7-19(16-29)22-14-21(27-28-22)13-18-5-2-1-3-6-18;/h1-10,14-16H,11-13,17H2,(H-,26,27,28,30);1H. The summed E-state index contributed by atoms with van der Waals surface area (Å²) in [7, 11) is 0. The van der Waals surface area contributed by atoms with Crippen molar-refractivity contribution in [2.45, 2.75) is 13.0 Å². The second kappa shape index (κ2) is 10.2. The summed E-state index contributed by atoms with van der Waals surface area (Å²) in [6, 6.07) is 21.6. The molecule has 0 spiro atoms. The molecule has 1 aliphatic rings. The van der Waals surface area contributed by atoms with Crippen LogP contribution < -0.4 is 31.8 Å². The Labute approximate surface area is 197 Å². The van der Waals surface area contributed by atoms with Crippen LogP contribution in [0.15, 0.2) is 79.1 Å². The maximum atomic E-state index is 12.6. The number of hydrogen-bond donors (Lipinski definition) is 2. The van der Waals surface area contributed by atoms with E-state index in [1.54, 1.807) is 6.07 Å². The van der Waals surface area contributed by atoms with Gasteiger partial charge in [-0.25, -0.2) is 0 Å². The highest BCUT2D eigenvalue weighted by atomic mass is 35.5. The average molecular weight is 463 g/mol. The summed E-state index contributed by atoms with van der Waals surface area (Å²) in [4.78, 5) is 12.6. The highest BCUT2D eigenvalue weighted by Crippen LogP contribution is 2.32. The third-order valence-corrected chi connectivity index (χ3v) is 5.17. The van der Waals surface area contributed by atoms with Crippen LogP contribution in [0.1, 0.15) is 11.3 Å². The van der Waals surface area contributed by atoms with Crippen LogP contribution in [0.4, 0.5) is 5.69 Å². The minimum atomic E-state index is -0.129. The van der Waals surface area contributed by atoms with Crippen LogP contribution in [0.2, 0.25) is 0 Å². The number of aromatic nitrogens is 3. The van der Waals surface area contributed by atoms with Gasteiger partial charge in [-0.1, -0.05) is 30.3 Å². The SMILES string of the molecule is O=C(C[n+]1cccc(-c2cc(Cc3ccccc3)[nH]n2)c1)Nc1ccc2c(c1)OCCO2.[Cl-]. The van der Waals surface area contributed by atoms with E-state index in [1.807, 2.05) is 65.5 Å². The third-order valence-electron chi connectivity index (χ3n) is 5.17. The first-order valence-corrected chi connectivity index (χ1v) is 10.5. The molecule has 33 heavy (non-hydrogen) atoms. The van der Waals surface area contributed by atoms with E-state index in [1.165, 1.54) is 5.56 Å². The number of fused-ring (bicyclic) bond motifs is 1. The van der Waals surface area contributed by atoms with Crippen molar-refractivity contribution in [3.8, 4) is 22.8 Å². The zero-order chi connectivity index (χ0) is 21.8. The first-order chi connectivity index (χ1) is 15.7. The van der Waals surface area contributed by atoms with Crippen molar-refractivity contribution in [2.24, 2.45) is 0 Å². The minimum absolute atomic E-state index is 0. The number of rotatable bonds is 6. The lowest BCUT2D eigenvalue weighted by Crippen LogP contribution is -3.00. The maximum Gasteiger partial charge on any atom is 0.290 e. The molecule has 4 aromatic rings. The van der Waals surface area contributed by atoms with Crippen molar-refractivity contribution in [1.29, 1.82) is 0 Å². The van der Waals surface area contributed by atoms with Gasteiger partial charge in [0, 0.05) is 29.9 Å². The topological polar surface area (TPSA) is 80.1 Å². The number of benzene rings is 2. The molecule has 7 nitrogen and oxygen atoms in total. The molecule has 0 fully saturated rings. The van der Waals surface area contributed by atoms with E-state index in [-0.39, 0.29) is 24.9 Å². The molecule has 2 N–H and O–H groups in total. The van der Waals surface area contributed by atoms with Crippen molar-refractivity contribution >= 4 is 11.6 Å². The van der Waals surface area contributed by atoms with Crippen molar-refractivity contribution in [3.05, 3.63) is 90.4 Å². The van der Waals surface area contributed by atoms with Crippen molar-refractivity contribution in [3.63, 3.8) is 0 Å². The van der Waals surface area contributed by atoms with Gasteiger partial charge in [-0.3, -0.25) is 9.89 Å². The number of amides is 1. The number of nitrogens with zero attached hydrogens (tertiary/aromatic N) is 2. The monoisotopic (exact) mass is 462 g/mol. The molecule has 0 saturated carbocycles. The number of carbonyl (C=O) groups is 1. The highest BCUT2D eigenvalue weighted by molar-refractivity contribution is 5.90. The predicted molar refractivity (Wildman–Crippen MR) is 120 cm³/mol. The van der Waals surface area contributed by atoms with Gasteiger partial charge in [-0.2, -0.15) is 9.67 Å². The number of aromatic amines is 1. The molecule has 168 valence electrons. The molecule has 0 saturated heterocycles. The molecule has 1 aliphatic heterocycles. The Hall–Kier alpha value is -3.84. The Morgan fingerprint density at radius 1 is 1.00 bits per heavy atom. The Morgan fingerprint density at radius 2 is 1.82 bits per heavy atom. The fraction of sp³-hybridized carbons (Fsp3) is 0.160. The van der Waals surface area contributed by atoms with Gasteiger partial charge in [0.2, 0.25) is 6.54 Å². The summed E-state index contributed by atoms with van der Waals surface area (Å²) in [5, 5.41) is 10.5. The molecule has 3 heterocycles. The number of halogens is 1. The number of hydrogen-bond acceptors (Lipinski definition) is 4. The lowest BCUT2D eigenvalue weighted by molar-refractivity contribution is -0.683. The van der Waals surface area contributed by atoms with Gasteiger partial charge >= 0.3 is 0 Å². The average Bonchev–Trinajstić information content (AvgIpc) is 3.28. The molecule has 0 aliphatic carbocycles. The van der Waals surface area contributed by atoms with Gasteiger partial charge in [-0.15, -0.1) is 0 Å². The molecule has 0 unspecified atom stereocenters. The van der Waals surface area contributed by atoms with Gasteiger partial charge in [0.05, 0.1) is 11.3 Å². The van der Waals surface area contributed by atoms with Crippen LogP contribution >= 0.6 is 0 Å². The Morgan fingerprint density at radius 3 is 2.67 bits per heavy atom. The summed E-state index contributed by atoms with van der Waals surface area (Å²) >= 11 is 0. The first-order valence-electron chi connectivity index (χ1n) is 10.5. The van der Waals surface area contributed by atoms with Crippen LogP contribution in [-0.4, -0.2) is 29.3 Å². The van der Waals surface area contributed by atoms with Crippen LogP contribution in [0.25, 0.3) is 11.3 Å². The Bertz CT molecular complexity index is 1240. The predicted octanol–water partition coefficient (Wildman–Crippen LogP) is 0.369. The molecule has 2 aromatic carbocycles. The first kappa shape index (κ1) is 22.4. The lowest BCUT2D eigenvalue weighted by atomic mass is 10.1. The van der Waals surface area contributed by atoms with E-state index in [4.69, 9.17) is 9.47 Å². The van der Waals surface area contributed by atoms with Crippen LogP contribution in [0, 0.1) is 0 Å². The minimum Gasteiger partial charge on any atom is -1.00 e. The molecular formula is C25H23ClN4O3. The number of pyridine rings is 1. The molecule has 0 radical (unpaired) electrons. The van der Waals surface area contributed by atoms with E-state index >= 15 is 0 Å². The summed E-state index contributed by atoms with van der Waals surface area (Å²) < 4.78 is 12.9. The Balaban J connectivity index is 0.00000259. The Kier molecular flexibility index (Phi) is 6.90. The number of ether oxygens (including phenoxy) is 2. The smallest absolute Gasteiger partial charge is 0.290 e. The number of H-pyrrole nitrogens is 1. The quantitative estimate of drug-likeness (QED) is 0.406. The largest absolute Gasteiger partial charge is 1.00 e. The van der Waals surface area contributed by atoms with Gasteiger partial charge < -0.3 is 27.2 Å². The number of carbonyl (C=O) groups excluding carboxylic acids is 1. The fourth-order valence-corrected chi connectivity index (χ4v) is 3.68. The lowest BCUT2D eigenvalue weighted by Gasteiger charge is -2.18. The normalized spacial score (nSPS) is 12.0. The second-order valence-electron chi connectivity index (χ2n) is 7.61. The summed E-state index contributed by atoms with van der Waals surface area (Å²) in [5.74, 6) is 1.21. The van der Waals surface area contributed by atoms with Gasteiger partial charge in [0.1, 0.15) is 13.2 Å². The zero-order valence-electron chi connectivity index (χ0n) is 17.8. The molecule has 0 atom stereocenters. The number of anilines is 1. The molecular weight excluding hydrogens is 440 g/mol.